The summed E-state index contributed by atoms with van der Waals surface area (Å²) >= 11 is 1.63. The number of hydrogen-bond donors (Lipinski definition) is 0. The van der Waals surface area contributed by atoms with E-state index >= 15 is 0 Å². The van der Waals surface area contributed by atoms with Crippen molar-refractivity contribution in [1.29, 1.82) is 0 Å². The van der Waals surface area contributed by atoms with E-state index in [1.165, 1.54) is 0 Å². The fourth-order valence-electron chi connectivity index (χ4n) is 1.30. The molecular weight excluding hydrogens is 196 g/mol. The van der Waals surface area contributed by atoms with E-state index < -0.39 is 0 Å². The number of fused-ring (bicyclic) bond motifs is 1. The van der Waals surface area contributed by atoms with Crippen LogP contribution in [0.2, 0.25) is 0 Å². The zero-order valence-corrected chi connectivity index (χ0v) is 7.98. The van der Waals surface area contributed by atoms with Gasteiger partial charge in [-0.05, 0) is 23.6 Å². The maximum absolute atomic E-state index is 4.20. The van der Waals surface area contributed by atoms with Gasteiger partial charge in [0.2, 0.25) is 0 Å². The first-order valence-corrected chi connectivity index (χ1v) is 5.03. The van der Waals surface area contributed by atoms with Crippen LogP contribution in [0.1, 0.15) is 0 Å². The van der Waals surface area contributed by atoms with Gasteiger partial charge in [-0.15, -0.1) is 21.5 Å². The van der Waals surface area contributed by atoms with E-state index in [2.05, 4.69) is 15.3 Å². The molecule has 0 amide bonds. The Labute approximate surface area is 83.8 Å². The van der Waals surface area contributed by atoms with Crippen LogP contribution in [0, 0.1) is 0 Å². The fourth-order valence-corrected chi connectivity index (χ4v) is 2.00. The molecule has 0 saturated carbocycles. The average Bonchev–Trinajstić information content (AvgIpc) is 2.85. The molecule has 0 bridgehead atoms. The standard InChI is InChI=1S/C9H6N4S/c1-4-8-11-12-9(13(8)10-5-1)7-3-2-6-14-7/h1-6H. The summed E-state index contributed by atoms with van der Waals surface area (Å²) in [5.74, 6) is 0.801. The molecule has 5 heteroatoms. The quantitative estimate of drug-likeness (QED) is 0.604. The van der Waals surface area contributed by atoms with Crippen LogP contribution in [0.4, 0.5) is 0 Å². The van der Waals surface area contributed by atoms with Crippen LogP contribution >= 0.6 is 11.3 Å². The van der Waals surface area contributed by atoms with E-state index in [9.17, 15) is 0 Å². The van der Waals surface area contributed by atoms with E-state index in [4.69, 9.17) is 0 Å². The molecule has 0 saturated heterocycles. The Bertz CT molecular complexity index is 555. The van der Waals surface area contributed by atoms with Gasteiger partial charge in [0.25, 0.3) is 0 Å². The highest BCUT2D eigenvalue weighted by Crippen LogP contribution is 2.22. The van der Waals surface area contributed by atoms with Gasteiger partial charge >= 0.3 is 0 Å². The minimum absolute atomic E-state index is 0.774. The zero-order valence-electron chi connectivity index (χ0n) is 7.16. The molecule has 3 aromatic rings. The summed E-state index contributed by atoms with van der Waals surface area (Å²) in [6.45, 7) is 0. The SMILES string of the molecule is c1csc(-c2nnc3cccnn23)c1. The molecule has 0 fully saturated rings. The van der Waals surface area contributed by atoms with Gasteiger partial charge in [-0.1, -0.05) is 6.07 Å². The van der Waals surface area contributed by atoms with Crippen LogP contribution < -0.4 is 0 Å². The third-order valence-electron chi connectivity index (χ3n) is 1.92. The van der Waals surface area contributed by atoms with Gasteiger partial charge in [-0.3, -0.25) is 0 Å². The molecule has 0 aliphatic carbocycles. The minimum atomic E-state index is 0.774. The maximum atomic E-state index is 4.20. The Morgan fingerprint density at radius 3 is 3.00 bits per heavy atom. The number of hydrogen-bond acceptors (Lipinski definition) is 4. The van der Waals surface area contributed by atoms with Crippen LogP contribution in [0.15, 0.2) is 35.8 Å². The van der Waals surface area contributed by atoms with Gasteiger partial charge in [-0.25, -0.2) is 0 Å². The van der Waals surface area contributed by atoms with Gasteiger partial charge in [0.15, 0.2) is 11.5 Å². The second kappa shape index (κ2) is 2.88. The van der Waals surface area contributed by atoms with Gasteiger partial charge < -0.3 is 0 Å². The van der Waals surface area contributed by atoms with Crippen LogP contribution in [-0.4, -0.2) is 19.8 Å². The lowest BCUT2D eigenvalue weighted by Gasteiger charge is -1.92. The molecular formula is C9H6N4S. The topological polar surface area (TPSA) is 43.1 Å². The lowest BCUT2D eigenvalue weighted by molar-refractivity contribution is 0.938. The minimum Gasteiger partial charge on any atom is -0.192 e. The summed E-state index contributed by atoms with van der Waals surface area (Å²) in [7, 11) is 0. The van der Waals surface area contributed by atoms with Crippen molar-refractivity contribution in [1.82, 2.24) is 19.8 Å². The molecule has 0 aliphatic rings. The monoisotopic (exact) mass is 202 g/mol. The van der Waals surface area contributed by atoms with Crippen LogP contribution in [0.5, 0.6) is 0 Å². The first kappa shape index (κ1) is 7.64. The summed E-state index contributed by atoms with van der Waals surface area (Å²) < 4.78 is 1.74. The lowest BCUT2D eigenvalue weighted by Crippen LogP contribution is -1.91. The molecule has 0 N–H and O–H groups in total. The highest BCUT2D eigenvalue weighted by atomic mass is 32.1. The molecule has 0 atom stereocenters. The van der Waals surface area contributed by atoms with Crippen molar-refractivity contribution in [3.8, 4) is 10.7 Å². The van der Waals surface area contributed by atoms with Crippen LogP contribution in [0.25, 0.3) is 16.3 Å². The maximum Gasteiger partial charge on any atom is 0.195 e. The third-order valence-corrected chi connectivity index (χ3v) is 2.79. The first-order chi connectivity index (χ1) is 6.95. The molecule has 3 heterocycles. The number of aromatic nitrogens is 4. The molecule has 3 aromatic heterocycles. The molecule has 3 rings (SSSR count). The summed E-state index contributed by atoms with van der Waals surface area (Å²) in [6, 6.07) is 7.74. The predicted octanol–water partition coefficient (Wildman–Crippen LogP) is 1.85. The van der Waals surface area contributed by atoms with Crippen LogP contribution in [-0.2, 0) is 0 Å². The van der Waals surface area contributed by atoms with Crippen molar-refractivity contribution in [2.75, 3.05) is 0 Å². The lowest BCUT2D eigenvalue weighted by atomic mass is 10.4. The highest BCUT2D eigenvalue weighted by Gasteiger charge is 2.08. The summed E-state index contributed by atoms with van der Waals surface area (Å²) in [5.41, 5.74) is 0.774. The zero-order chi connectivity index (χ0) is 9.38. The van der Waals surface area contributed by atoms with Crippen molar-refractivity contribution in [2.24, 2.45) is 0 Å². The fraction of sp³-hybridized carbons (Fsp3) is 0. The summed E-state index contributed by atoms with van der Waals surface area (Å²) in [5, 5.41) is 14.3. The molecule has 0 aromatic carbocycles. The molecule has 68 valence electrons. The Balaban J connectivity index is 2.33. The van der Waals surface area contributed by atoms with Crippen molar-refractivity contribution >= 4 is 17.0 Å². The van der Waals surface area contributed by atoms with Crippen molar-refractivity contribution in [2.45, 2.75) is 0 Å². The molecule has 0 aliphatic heterocycles. The van der Waals surface area contributed by atoms with E-state index in [-0.39, 0.29) is 0 Å². The predicted molar refractivity (Wildman–Crippen MR) is 54.1 cm³/mol. The number of nitrogens with zero attached hydrogens (tertiary/aromatic N) is 4. The number of thiophene rings is 1. The normalized spacial score (nSPS) is 10.9. The smallest absolute Gasteiger partial charge is 0.192 e. The van der Waals surface area contributed by atoms with Crippen LogP contribution in [0.3, 0.4) is 0 Å². The largest absolute Gasteiger partial charge is 0.195 e. The van der Waals surface area contributed by atoms with Gasteiger partial charge in [0.1, 0.15) is 0 Å². The number of rotatable bonds is 1. The van der Waals surface area contributed by atoms with E-state index in [0.717, 1.165) is 16.3 Å². The molecule has 0 spiro atoms. The van der Waals surface area contributed by atoms with Crippen molar-refractivity contribution in [3.63, 3.8) is 0 Å². The van der Waals surface area contributed by atoms with E-state index in [0.29, 0.717) is 0 Å². The third kappa shape index (κ3) is 1.03. The first-order valence-electron chi connectivity index (χ1n) is 4.15. The van der Waals surface area contributed by atoms with Crippen molar-refractivity contribution < 1.29 is 0 Å². The second-order valence-electron chi connectivity index (χ2n) is 2.79. The Morgan fingerprint density at radius 2 is 2.14 bits per heavy atom. The molecule has 14 heavy (non-hydrogen) atoms. The molecule has 0 radical (unpaired) electrons. The van der Waals surface area contributed by atoms with Gasteiger partial charge in [0, 0.05) is 6.20 Å². The molecule has 4 nitrogen and oxygen atoms in total. The van der Waals surface area contributed by atoms with Crippen molar-refractivity contribution in [3.05, 3.63) is 35.8 Å². The highest BCUT2D eigenvalue weighted by molar-refractivity contribution is 7.13. The Morgan fingerprint density at radius 1 is 1.14 bits per heavy atom. The second-order valence-corrected chi connectivity index (χ2v) is 3.74. The molecule has 0 unspecified atom stereocenters. The Kier molecular flexibility index (Phi) is 1.57. The van der Waals surface area contributed by atoms with E-state index in [1.807, 2.05) is 29.6 Å². The Hall–Kier alpha value is -1.75. The average molecular weight is 202 g/mol. The summed E-state index contributed by atoms with van der Waals surface area (Å²) in [6.07, 6.45) is 1.73. The van der Waals surface area contributed by atoms with Gasteiger partial charge in [-0.2, -0.15) is 9.61 Å². The van der Waals surface area contributed by atoms with E-state index in [1.54, 1.807) is 22.0 Å². The van der Waals surface area contributed by atoms with Gasteiger partial charge in [0.05, 0.1) is 4.88 Å². The summed E-state index contributed by atoms with van der Waals surface area (Å²) in [4.78, 5) is 1.08.